The van der Waals surface area contributed by atoms with Crippen molar-refractivity contribution in [3.8, 4) is 11.8 Å². The second-order valence-electron chi connectivity index (χ2n) is 5.81. The summed E-state index contributed by atoms with van der Waals surface area (Å²) in [5.74, 6) is 1.68. The molecule has 0 bridgehead atoms. The van der Waals surface area contributed by atoms with Gasteiger partial charge in [0.1, 0.15) is 11.8 Å². The Morgan fingerprint density at radius 3 is 2.87 bits per heavy atom. The maximum Gasteiger partial charge on any atom is 0.152 e. The third-order valence-electron chi connectivity index (χ3n) is 4.32. The van der Waals surface area contributed by atoms with E-state index in [2.05, 4.69) is 33.3 Å². The number of piperidine rings is 1. The highest BCUT2D eigenvalue weighted by atomic mass is 16.5. The molecule has 2 heterocycles. The molecule has 5 nitrogen and oxygen atoms in total. The van der Waals surface area contributed by atoms with Crippen molar-refractivity contribution in [3.05, 3.63) is 47.7 Å². The number of rotatable bonds is 4. The Balaban J connectivity index is 1.79. The number of aromatic nitrogens is 2. The molecule has 0 saturated carbocycles. The summed E-state index contributed by atoms with van der Waals surface area (Å²) in [5, 5.41) is 17.3. The van der Waals surface area contributed by atoms with E-state index in [9.17, 15) is 0 Å². The Morgan fingerprint density at radius 1 is 1.30 bits per heavy atom. The van der Waals surface area contributed by atoms with E-state index in [0.29, 0.717) is 11.6 Å². The molecule has 0 spiro atoms. The first-order chi connectivity index (χ1) is 11.3. The Kier molecular flexibility index (Phi) is 4.72. The van der Waals surface area contributed by atoms with Crippen LogP contribution in [0.1, 0.15) is 30.4 Å². The summed E-state index contributed by atoms with van der Waals surface area (Å²) in [5.41, 5.74) is 1.84. The molecule has 23 heavy (non-hydrogen) atoms. The third kappa shape index (κ3) is 3.59. The molecule has 1 fully saturated rings. The SMILES string of the molecule is COc1ccc(CC2CCCCN2c2cc(C#N)cnn2)cc1. The normalized spacial score (nSPS) is 17.6. The highest BCUT2D eigenvalue weighted by Gasteiger charge is 2.24. The van der Waals surface area contributed by atoms with Crippen LogP contribution in [0.25, 0.3) is 0 Å². The van der Waals surface area contributed by atoms with Crippen LogP contribution in [0.2, 0.25) is 0 Å². The lowest BCUT2D eigenvalue weighted by Gasteiger charge is -2.36. The van der Waals surface area contributed by atoms with Gasteiger partial charge in [-0.15, -0.1) is 5.10 Å². The Labute approximate surface area is 136 Å². The zero-order valence-corrected chi connectivity index (χ0v) is 13.3. The maximum atomic E-state index is 9.06. The monoisotopic (exact) mass is 308 g/mol. The Bertz CT molecular complexity index is 693. The number of hydrogen-bond donors (Lipinski definition) is 0. The summed E-state index contributed by atoms with van der Waals surface area (Å²) in [4.78, 5) is 2.29. The van der Waals surface area contributed by atoms with Gasteiger partial charge in [0.2, 0.25) is 0 Å². The molecule has 1 unspecified atom stereocenters. The molecule has 1 aliphatic heterocycles. The van der Waals surface area contributed by atoms with Crippen LogP contribution in [0.3, 0.4) is 0 Å². The van der Waals surface area contributed by atoms with Gasteiger partial charge in [0.05, 0.1) is 18.9 Å². The molecule has 0 aliphatic carbocycles. The molecule has 1 saturated heterocycles. The molecule has 1 atom stereocenters. The van der Waals surface area contributed by atoms with Crippen LogP contribution in [0.5, 0.6) is 5.75 Å². The first-order valence-corrected chi connectivity index (χ1v) is 7.92. The molecule has 1 aliphatic rings. The predicted molar refractivity (Wildman–Crippen MR) is 88.4 cm³/mol. The van der Waals surface area contributed by atoms with E-state index < -0.39 is 0 Å². The molecular weight excluding hydrogens is 288 g/mol. The van der Waals surface area contributed by atoms with Crippen molar-refractivity contribution < 1.29 is 4.74 Å². The van der Waals surface area contributed by atoms with Gasteiger partial charge in [-0.2, -0.15) is 10.4 Å². The van der Waals surface area contributed by atoms with Gasteiger partial charge in [-0.1, -0.05) is 12.1 Å². The van der Waals surface area contributed by atoms with Gasteiger partial charge >= 0.3 is 0 Å². The van der Waals surface area contributed by atoms with E-state index in [1.807, 2.05) is 18.2 Å². The number of anilines is 1. The van der Waals surface area contributed by atoms with Crippen LogP contribution in [0, 0.1) is 11.3 Å². The van der Waals surface area contributed by atoms with Crippen LogP contribution >= 0.6 is 0 Å². The van der Waals surface area contributed by atoms with Crippen molar-refractivity contribution in [3.63, 3.8) is 0 Å². The maximum absolute atomic E-state index is 9.06. The van der Waals surface area contributed by atoms with E-state index in [0.717, 1.165) is 37.4 Å². The molecule has 0 N–H and O–H groups in total. The lowest BCUT2D eigenvalue weighted by Crippen LogP contribution is -2.41. The van der Waals surface area contributed by atoms with Gasteiger partial charge in [-0.3, -0.25) is 0 Å². The lowest BCUT2D eigenvalue weighted by molar-refractivity contribution is 0.414. The fraction of sp³-hybridized carbons (Fsp3) is 0.389. The summed E-state index contributed by atoms with van der Waals surface area (Å²) in [6, 6.07) is 12.6. The van der Waals surface area contributed by atoms with Crippen LogP contribution in [-0.2, 0) is 6.42 Å². The first kappa shape index (κ1) is 15.3. The fourth-order valence-electron chi connectivity index (χ4n) is 3.11. The van der Waals surface area contributed by atoms with Crippen molar-refractivity contribution in [2.24, 2.45) is 0 Å². The zero-order valence-electron chi connectivity index (χ0n) is 13.3. The molecule has 2 aromatic rings. The van der Waals surface area contributed by atoms with Gasteiger partial charge in [-0.25, -0.2) is 0 Å². The average molecular weight is 308 g/mol. The number of hydrogen-bond acceptors (Lipinski definition) is 5. The number of nitrogens with zero attached hydrogens (tertiary/aromatic N) is 4. The molecule has 5 heteroatoms. The quantitative estimate of drug-likeness (QED) is 0.869. The molecule has 118 valence electrons. The van der Waals surface area contributed by atoms with E-state index in [-0.39, 0.29) is 0 Å². The minimum Gasteiger partial charge on any atom is -0.497 e. The standard InChI is InChI=1S/C18H20N4O/c1-23-17-7-5-14(6-8-17)10-16-4-2-3-9-22(16)18-11-15(12-19)13-20-21-18/h5-8,11,13,16H,2-4,9-10H2,1H3. The lowest BCUT2D eigenvalue weighted by atomic mass is 9.95. The minimum absolute atomic E-state index is 0.389. The molecule has 1 aromatic carbocycles. The summed E-state index contributed by atoms with van der Waals surface area (Å²) in [7, 11) is 1.68. The van der Waals surface area contributed by atoms with Crippen molar-refractivity contribution in [2.75, 3.05) is 18.6 Å². The summed E-state index contributed by atoms with van der Waals surface area (Å²) >= 11 is 0. The predicted octanol–water partition coefficient (Wildman–Crippen LogP) is 2.96. The van der Waals surface area contributed by atoms with E-state index in [4.69, 9.17) is 10.00 Å². The Hall–Kier alpha value is -2.61. The number of ether oxygens (including phenoxy) is 1. The van der Waals surface area contributed by atoms with Crippen molar-refractivity contribution in [2.45, 2.75) is 31.7 Å². The number of nitriles is 1. The van der Waals surface area contributed by atoms with E-state index >= 15 is 0 Å². The smallest absolute Gasteiger partial charge is 0.152 e. The van der Waals surface area contributed by atoms with Crippen LogP contribution < -0.4 is 9.64 Å². The van der Waals surface area contributed by atoms with Crippen LogP contribution in [0.4, 0.5) is 5.82 Å². The summed E-state index contributed by atoms with van der Waals surface area (Å²) in [6.07, 6.45) is 5.97. The van der Waals surface area contributed by atoms with Gasteiger partial charge in [0, 0.05) is 18.7 Å². The second-order valence-corrected chi connectivity index (χ2v) is 5.81. The third-order valence-corrected chi connectivity index (χ3v) is 4.32. The van der Waals surface area contributed by atoms with Gasteiger partial charge < -0.3 is 9.64 Å². The fourth-order valence-corrected chi connectivity index (χ4v) is 3.11. The average Bonchev–Trinajstić information content (AvgIpc) is 2.63. The molecular formula is C18H20N4O. The highest BCUT2D eigenvalue weighted by molar-refractivity contribution is 5.45. The van der Waals surface area contributed by atoms with Gasteiger partial charge in [0.25, 0.3) is 0 Å². The first-order valence-electron chi connectivity index (χ1n) is 7.92. The van der Waals surface area contributed by atoms with Crippen LogP contribution in [-0.4, -0.2) is 29.9 Å². The summed E-state index contributed by atoms with van der Waals surface area (Å²) in [6.45, 7) is 0.963. The molecule has 1 aromatic heterocycles. The van der Waals surface area contributed by atoms with E-state index in [1.165, 1.54) is 18.2 Å². The highest BCUT2D eigenvalue weighted by Crippen LogP contribution is 2.26. The second kappa shape index (κ2) is 7.10. The van der Waals surface area contributed by atoms with Gasteiger partial charge in [0.15, 0.2) is 5.82 Å². The van der Waals surface area contributed by atoms with Crippen molar-refractivity contribution in [1.82, 2.24) is 10.2 Å². The van der Waals surface area contributed by atoms with Gasteiger partial charge in [-0.05, 0) is 43.4 Å². The largest absolute Gasteiger partial charge is 0.497 e. The number of methoxy groups -OCH3 is 1. The molecule has 0 amide bonds. The Morgan fingerprint density at radius 2 is 2.13 bits per heavy atom. The zero-order chi connectivity index (χ0) is 16.1. The van der Waals surface area contributed by atoms with Crippen molar-refractivity contribution in [1.29, 1.82) is 5.26 Å². The molecule has 3 rings (SSSR count). The minimum atomic E-state index is 0.389. The number of benzene rings is 1. The van der Waals surface area contributed by atoms with E-state index in [1.54, 1.807) is 7.11 Å². The topological polar surface area (TPSA) is 62.0 Å². The summed E-state index contributed by atoms with van der Waals surface area (Å²) < 4.78 is 5.22. The molecule has 0 radical (unpaired) electrons. The van der Waals surface area contributed by atoms with Crippen molar-refractivity contribution >= 4 is 5.82 Å². The van der Waals surface area contributed by atoms with Crippen LogP contribution in [0.15, 0.2) is 36.5 Å².